The molecule has 7 nitrogen and oxygen atoms in total. The molecule has 2 amide bonds. The number of aliphatic carboxylic acids is 1. The number of hydrogen-bond acceptors (Lipinski definition) is 6. The molecule has 22 heavy (non-hydrogen) atoms. The van der Waals surface area contributed by atoms with Crippen LogP contribution in [0.3, 0.4) is 0 Å². The van der Waals surface area contributed by atoms with Gasteiger partial charge in [0, 0.05) is 25.1 Å². The van der Waals surface area contributed by atoms with Gasteiger partial charge in [-0.1, -0.05) is 0 Å². The van der Waals surface area contributed by atoms with Gasteiger partial charge in [-0.3, -0.25) is 14.5 Å². The molecular formula is C13H17N3O4S2. The normalized spacial score (nSPS) is 24.3. The predicted molar refractivity (Wildman–Crippen MR) is 86.0 cm³/mol. The highest BCUT2D eigenvalue weighted by Gasteiger charge is 2.51. The van der Waals surface area contributed by atoms with Gasteiger partial charge in [0.1, 0.15) is 17.1 Å². The molecule has 0 aliphatic carbocycles. The van der Waals surface area contributed by atoms with Crippen LogP contribution in [0.4, 0.5) is 0 Å². The second-order valence-corrected chi connectivity index (χ2v) is 6.99. The molecule has 2 rings (SSSR count). The second kappa shape index (κ2) is 7.21. The molecule has 1 saturated heterocycles. The topological polar surface area (TPSA) is 104 Å². The summed E-state index contributed by atoms with van der Waals surface area (Å²) in [7, 11) is 1.69. The number of allylic oxidation sites excluding steroid dienone is 1. The largest absolute Gasteiger partial charge is 0.477 e. The number of β-lactam (4-membered cyclic amide) rings is 1. The minimum atomic E-state index is -1.11. The molecule has 0 aromatic rings. The first-order valence-corrected chi connectivity index (χ1v) is 8.67. The van der Waals surface area contributed by atoms with E-state index in [1.54, 1.807) is 18.5 Å². The van der Waals surface area contributed by atoms with Crippen LogP contribution in [0.15, 0.2) is 22.8 Å². The number of carboxylic acid groups (broad SMARTS) is 1. The molecule has 0 bridgehead atoms. The summed E-state index contributed by atoms with van der Waals surface area (Å²) in [4.78, 5) is 36.4. The number of carboxylic acids is 1. The van der Waals surface area contributed by atoms with Crippen molar-refractivity contribution in [1.82, 2.24) is 9.80 Å². The molecule has 9 heteroatoms. The average molecular weight is 343 g/mol. The minimum Gasteiger partial charge on any atom is -0.477 e. The van der Waals surface area contributed by atoms with Crippen LogP contribution in [0.2, 0.25) is 0 Å². The van der Waals surface area contributed by atoms with Gasteiger partial charge in [0.05, 0.1) is 0 Å². The van der Waals surface area contributed by atoms with E-state index in [4.69, 9.17) is 5.73 Å². The Balaban J connectivity index is 2.02. The number of rotatable bonds is 7. The van der Waals surface area contributed by atoms with Crippen molar-refractivity contribution >= 4 is 41.8 Å². The number of nitrogens with two attached hydrogens (primary N) is 1. The van der Waals surface area contributed by atoms with Crippen molar-refractivity contribution < 1.29 is 19.5 Å². The Labute approximate surface area is 136 Å². The summed E-state index contributed by atoms with van der Waals surface area (Å²) in [6.07, 6.45) is 2.47. The standard InChI is InChI=1S/C13H17N3O4S2/c1-15(7-17)3-5-21-4-2-8-6-22-12-9(14)11(18)16(12)10(8)13(19)20/h2,4,7,9,12H,3,5-6,14H2,1H3,(H,19,20)/t9-,12-/m1/s1. The van der Waals surface area contributed by atoms with Gasteiger partial charge < -0.3 is 15.7 Å². The lowest BCUT2D eigenvalue weighted by Gasteiger charge is -2.47. The van der Waals surface area contributed by atoms with Crippen LogP contribution < -0.4 is 5.73 Å². The molecule has 1 fully saturated rings. The average Bonchev–Trinajstić information content (AvgIpc) is 2.52. The second-order valence-electron chi connectivity index (χ2n) is 4.87. The van der Waals surface area contributed by atoms with E-state index in [1.807, 2.05) is 0 Å². The summed E-state index contributed by atoms with van der Waals surface area (Å²) in [6.45, 7) is 0.611. The van der Waals surface area contributed by atoms with Crippen LogP contribution in [-0.2, 0) is 14.4 Å². The summed E-state index contributed by atoms with van der Waals surface area (Å²) >= 11 is 2.95. The monoisotopic (exact) mass is 343 g/mol. The van der Waals surface area contributed by atoms with Crippen molar-refractivity contribution in [3.8, 4) is 0 Å². The number of carbonyl (C=O) groups is 3. The molecule has 120 valence electrons. The number of thioether (sulfide) groups is 2. The number of carbonyl (C=O) groups excluding carboxylic acids is 2. The molecular weight excluding hydrogens is 326 g/mol. The zero-order valence-electron chi connectivity index (χ0n) is 12.0. The Morgan fingerprint density at radius 3 is 3.00 bits per heavy atom. The number of fused-ring (bicyclic) bond motifs is 1. The fourth-order valence-corrected chi connectivity index (χ4v) is 4.17. The summed E-state index contributed by atoms with van der Waals surface area (Å²) in [5, 5.41) is 10.9. The van der Waals surface area contributed by atoms with Gasteiger partial charge in [0.2, 0.25) is 12.3 Å². The number of hydrogen-bond donors (Lipinski definition) is 2. The number of nitrogens with zero attached hydrogens (tertiary/aromatic N) is 2. The van der Waals surface area contributed by atoms with Crippen molar-refractivity contribution in [2.24, 2.45) is 5.73 Å². The van der Waals surface area contributed by atoms with Crippen molar-refractivity contribution in [3.63, 3.8) is 0 Å². The Hall–Kier alpha value is -1.45. The molecule has 0 aromatic heterocycles. The molecule has 0 saturated carbocycles. The van der Waals surface area contributed by atoms with E-state index in [2.05, 4.69) is 0 Å². The minimum absolute atomic E-state index is 0.0253. The van der Waals surface area contributed by atoms with Gasteiger partial charge in [-0.25, -0.2) is 4.79 Å². The first kappa shape index (κ1) is 16.9. The lowest BCUT2D eigenvalue weighted by molar-refractivity contribution is -0.147. The third-order valence-corrected chi connectivity index (χ3v) is 5.42. The zero-order chi connectivity index (χ0) is 16.3. The maximum absolute atomic E-state index is 11.8. The lowest BCUT2D eigenvalue weighted by Crippen LogP contribution is -2.68. The smallest absolute Gasteiger partial charge is 0.352 e. The quantitative estimate of drug-likeness (QED) is 0.378. The van der Waals surface area contributed by atoms with Crippen LogP contribution in [0.1, 0.15) is 0 Å². The molecule has 0 radical (unpaired) electrons. The third-order valence-electron chi connectivity index (χ3n) is 3.35. The van der Waals surface area contributed by atoms with Gasteiger partial charge in [-0.2, -0.15) is 0 Å². The van der Waals surface area contributed by atoms with Crippen molar-refractivity contribution in [3.05, 3.63) is 22.8 Å². The van der Waals surface area contributed by atoms with E-state index in [9.17, 15) is 19.5 Å². The highest BCUT2D eigenvalue weighted by Crippen LogP contribution is 2.39. The molecule has 2 aliphatic rings. The van der Waals surface area contributed by atoms with E-state index in [1.165, 1.54) is 33.3 Å². The maximum atomic E-state index is 11.8. The SMILES string of the molecule is CN(C=O)CCSC=CC1=C(C(=O)O)N2C(=O)[C@@H](N)[C@H]2SC1. The molecule has 2 aliphatic heterocycles. The van der Waals surface area contributed by atoms with E-state index in [0.717, 1.165) is 6.41 Å². The summed E-state index contributed by atoms with van der Waals surface area (Å²) in [5.41, 5.74) is 6.31. The Morgan fingerprint density at radius 2 is 2.36 bits per heavy atom. The first-order valence-electron chi connectivity index (χ1n) is 6.57. The van der Waals surface area contributed by atoms with Crippen molar-refractivity contribution in [2.75, 3.05) is 25.1 Å². The van der Waals surface area contributed by atoms with Crippen molar-refractivity contribution in [2.45, 2.75) is 11.4 Å². The molecule has 0 unspecified atom stereocenters. The van der Waals surface area contributed by atoms with Gasteiger partial charge in [-0.05, 0) is 17.1 Å². The van der Waals surface area contributed by atoms with Gasteiger partial charge >= 0.3 is 5.97 Å². The Kier molecular flexibility index (Phi) is 5.54. The van der Waals surface area contributed by atoms with Gasteiger partial charge in [0.25, 0.3) is 0 Å². The van der Waals surface area contributed by atoms with Gasteiger partial charge in [0.15, 0.2) is 0 Å². The Bertz CT molecular complexity index is 549. The number of amides is 2. The van der Waals surface area contributed by atoms with Crippen LogP contribution in [0.25, 0.3) is 0 Å². The summed E-state index contributed by atoms with van der Waals surface area (Å²) < 4.78 is 0. The lowest BCUT2D eigenvalue weighted by atomic mass is 10.0. The maximum Gasteiger partial charge on any atom is 0.352 e. The predicted octanol–water partition coefficient (Wildman–Crippen LogP) is -0.0974. The van der Waals surface area contributed by atoms with E-state index in [0.29, 0.717) is 23.6 Å². The fraction of sp³-hybridized carbons (Fsp3) is 0.462. The molecule has 3 N–H and O–H groups in total. The van der Waals surface area contributed by atoms with Crippen LogP contribution in [0.5, 0.6) is 0 Å². The van der Waals surface area contributed by atoms with Crippen LogP contribution in [-0.4, -0.2) is 69.7 Å². The Morgan fingerprint density at radius 1 is 1.64 bits per heavy atom. The fourth-order valence-electron chi connectivity index (χ4n) is 2.12. The molecule has 0 spiro atoms. The highest BCUT2D eigenvalue weighted by molar-refractivity contribution is 8.02. The highest BCUT2D eigenvalue weighted by atomic mass is 32.2. The van der Waals surface area contributed by atoms with E-state index >= 15 is 0 Å². The third kappa shape index (κ3) is 3.31. The summed E-state index contributed by atoms with van der Waals surface area (Å²) in [5.74, 6) is -0.239. The zero-order valence-corrected chi connectivity index (χ0v) is 13.6. The van der Waals surface area contributed by atoms with Crippen LogP contribution in [0, 0.1) is 0 Å². The molecule has 0 aromatic carbocycles. The first-order chi connectivity index (χ1) is 10.5. The van der Waals surface area contributed by atoms with Crippen LogP contribution >= 0.6 is 23.5 Å². The molecule has 2 heterocycles. The van der Waals surface area contributed by atoms with E-state index in [-0.39, 0.29) is 17.0 Å². The van der Waals surface area contributed by atoms with E-state index < -0.39 is 12.0 Å². The van der Waals surface area contributed by atoms with Gasteiger partial charge in [-0.15, -0.1) is 23.5 Å². The van der Waals surface area contributed by atoms with Crippen molar-refractivity contribution in [1.29, 1.82) is 0 Å². The summed E-state index contributed by atoms with van der Waals surface area (Å²) in [6, 6.07) is -0.613. The molecule has 2 atom stereocenters.